The van der Waals surface area contributed by atoms with Crippen molar-refractivity contribution in [1.29, 1.82) is 0 Å². The van der Waals surface area contributed by atoms with Gasteiger partial charge in [-0.1, -0.05) is 12.8 Å². The summed E-state index contributed by atoms with van der Waals surface area (Å²) >= 11 is 0. The van der Waals surface area contributed by atoms with E-state index < -0.39 is 5.97 Å². The lowest BCUT2D eigenvalue weighted by Crippen LogP contribution is -2.50. The molecule has 1 saturated carbocycles. The molecule has 2 atom stereocenters. The third-order valence-electron chi connectivity index (χ3n) is 4.76. The van der Waals surface area contributed by atoms with E-state index in [1.165, 1.54) is 25.7 Å². The Morgan fingerprint density at radius 2 is 1.93 bits per heavy atom. The van der Waals surface area contributed by atoms with Crippen LogP contribution in [0.4, 0.5) is 0 Å². The summed E-state index contributed by atoms with van der Waals surface area (Å²) in [7, 11) is 2.08. The first-order chi connectivity index (χ1) is 7.06. The van der Waals surface area contributed by atoms with E-state index in [1.807, 2.05) is 0 Å². The van der Waals surface area contributed by atoms with Gasteiger partial charge in [-0.05, 0) is 45.7 Å². The lowest BCUT2D eigenvalue weighted by molar-refractivity contribution is -0.145. The molecule has 2 unspecified atom stereocenters. The van der Waals surface area contributed by atoms with E-state index in [4.69, 9.17) is 0 Å². The number of hydrogen-bond acceptors (Lipinski definition) is 2. The predicted molar refractivity (Wildman–Crippen MR) is 58.7 cm³/mol. The van der Waals surface area contributed by atoms with Gasteiger partial charge in [0.2, 0.25) is 0 Å². The fourth-order valence-electron chi connectivity index (χ4n) is 3.60. The Morgan fingerprint density at radius 1 is 1.33 bits per heavy atom. The first-order valence-corrected chi connectivity index (χ1v) is 6.01. The van der Waals surface area contributed by atoms with Crippen molar-refractivity contribution in [1.82, 2.24) is 4.90 Å². The average molecular weight is 211 g/mol. The largest absolute Gasteiger partial charge is 0.481 e. The van der Waals surface area contributed by atoms with Crippen LogP contribution >= 0.6 is 0 Å². The molecule has 1 saturated heterocycles. The van der Waals surface area contributed by atoms with Gasteiger partial charge in [0.15, 0.2) is 0 Å². The monoisotopic (exact) mass is 211 g/mol. The Balaban J connectivity index is 2.23. The van der Waals surface area contributed by atoms with E-state index in [0.717, 1.165) is 13.0 Å². The van der Waals surface area contributed by atoms with Gasteiger partial charge < -0.3 is 5.11 Å². The van der Waals surface area contributed by atoms with Gasteiger partial charge in [-0.2, -0.15) is 0 Å². The molecular formula is C12H21NO2. The van der Waals surface area contributed by atoms with Gasteiger partial charge in [-0.15, -0.1) is 0 Å². The van der Waals surface area contributed by atoms with Crippen LogP contribution < -0.4 is 0 Å². The van der Waals surface area contributed by atoms with Crippen LogP contribution in [0.25, 0.3) is 0 Å². The molecule has 0 radical (unpaired) electrons. The summed E-state index contributed by atoms with van der Waals surface area (Å²) in [6.45, 7) is 3.10. The zero-order valence-corrected chi connectivity index (χ0v) is 9.70. The highest BCUT2D eigenvalue weighted by Gasteiger charge is 2.51. The molecule has 1 N–H and O–H groups in total. The maximum Gasteiger partial charge on any atom is 0.308 e. The molecule has 1 aliphatic heterocycles. The van der Waals surface area contributed by atoms with Crippen LogP contribution in [0.5, 0.6) is 0 Å². The zero-order chi connectivity index (χ0) is 11.1. The molecule has 2 rings (SSSR count). The standard InChI is InChI=1S/C12H21NO2/c1-12(9-5-3-4-6-9)10(11(14)15)7-8-13(12)2/h9-10H,3-8H2,1-2H3,(H,14,15). The topological polar surface area (TPSA) is 40.5 Å². The third-order valence-corrected chi connectivity index (χ3v) is 4.76. The van der Waals surface area contributed by atoms with E-state index in [2.05, 4.69) is 18.9 Å². The van der Waals surface area contributed by atoms with Crippen molar-refractivity contribution in [3.05, 3.63) is 0 Å². The number of hydrogen-bond donors (Lipinski definition) is 1. The van der Waals surface area contributed by atoms with Crippen molar-refractivity contribution in [2.24, 2.45) is 11.8 Å². The first kappa shape index (κ1) is 10.9. The zero-order valence-electron chi connectivity index (χ0n) is 9.70. The molecule has 3 heteroatoms. The molecule has 2 fully saturated rings. The molecule has 0 aromatic rings. The maximum absolute atomic E-state index is 11.3. The lowest BCUT2D eigenvalue weighted by atomic mass is 9.75. The Bertz CT molecular complexity index is 260. The number of carboxylic acids is 1. The Hall–Kier alpha value is -0.570. The second-order valence-corrected chi connectivity index (χ2v) is 5.31. The lowest BCUT2D eigenvalue weighted by Gasteiger charge is -2.41. The van der Waals surface area contributed by atoms with Crippen LogP contribution in [0.2, 0.25) is 0 Å². The van der Waals surface area contributed by atoms with Crippen molar-refractivity contribution < 1.29 is 9.90 Å². The smallest absolute Gasteiger partial charge is 0.308 e. The van der Waals surface area contributed by atoms with Crippen molar-refractivity contribution in [2.75, 3.05) is 13.6 Å². The molecule has 0 aromatic carbocycles. The highest BCUT2D eigenvalue weighted by Crippen LogP contribution is 2.46. The summed E-state index contributed by atoms with van der Waals surface area (Å²) in [5.41, 5.74) is -0.0949. The van der Waals surface area contributed by atoms with Crippen LogP contribution in [0, 0.1) is 11.8 Å². The van der Waals surface area contributed by atoms with E-state index >= 15 is 0 Å². The Labute approximate surface area is 91.5 Å². The van der Waals surface area contributed by atoms with Gasteiger partial charge in [0.25, 0.3) is 0 Å². The molecule has 86 valence electrons. The van der Waals surface area contributed by atoms with Crippen LogP contribution in [-0.4, -0.2) is 35.1 Å². The summed E-state index contributed by atoms with van der Waals surface area (Å²) in [5, 5.41) is 9.30. The van der Waals surface area contributed by atoms with Crippen molar-refractivity contribution in [2.45, 2.75) is 44.6 Å². The summed E-state index contributed by atoms with van der Waals surface area (Å²) in [4.78, 5) is 13.6. The summed E-state index contributed by atoms with van der Waals surface area (Å²) in [5.74, 6) is -0.176. The van der Waals surface area contributed by atoms with E-state index in [-0.39, 0.29) is 11.5 Å². The molecule has 0 aromatic heterocycles. The fourth-order valence-corrected chi connectivity index (χ4v) is 3.60. The fraction of sp³-hybridized carbons (Fsp3) is 0.917. The molecule has 0 amide bonds. The summed E-state index contributed by atoms with van der Waals surface area (Å²) in [6, 6.07) is 0. The second-order valence-electron chi connectivity index (χ2n) is 5.31. The molecule has 1 heterocycles. The number of carbonyl (C=O) groups is 1. The van der Waals surface area contributed by atoms with E-state index in [0.29, 0.717) is 5.92 Å². The number of aliphatic carboxylic acids is 1. The highest BCUT2D eigenvalue weighted by molar-refractivity contribution is 5.72. The number of likely N-dealkylation sites (tertiary alicyclic amines) is 1. The first-order valence-electron chi connectivity index (χ1n) is 6.01. The van der Waals surface area contributed by atoms with Gasteiger partial charge in [0.1, 0.15) is 0 Å². The minimum atomic E-state index is -0.603. The maximum atomic E-state index is 11.3. The number of rotatable bonds is 2. The van der Waals surface area contributed by atoms with Gasteiger partial charge in [-0.25, -0.2) is 0 Å². The highest BCUT2D eigenvalue weighted by atomic mass is 16.4. The number of carboxylic acid groups (broad SMARTS) is 1. The third kappa shape index (κ3) is 1.57. The van der Waals surface area contributed by atoms with Gasteiger partial charge in [-0.3, -0.25) is 9.69 Å². The molecule has 15 heavy (non-hydrogen) atoms. The van der Waals surface area contributed by atoms with Crippen LogP contribution in [0.3, 0.4) is 0 Å². The van der Waals surface area contributed by atoms with E-state index in [9.17, 15) is 9.90 Å². The van der Waals surface area contributed by atoms with Crippen molar-refractivity contribution in [3.8, 4) is 0 Å². The van der Waals surface area contributed by atoms with Gasteiger partial charge in [0.05, 0.1) is 5.92 Å². The molecule has 2 aliphatic rings. The van der Waals surface area contributed by atoms with E-state index in [1.54, 1.807) is 0 Å². The molecule has 0 bridgehead atoms. The van der Waals surface area contributed by atoms with Gasteiger partial charge >= 0.3 is 5.97 Å². The predicted octanol–water partition coefficient (Wildman–Crippen LogP) is 1.97. The average Bonchev–Trinajstić information content (AvgIpc) is 2.76. The molecular weight excluding hydrogens is 190 g/mol. The van der Waals surface area contributed by atoms with Crippen LogP contribution in [-0.2, 0) is 4.79 Å². The summed E-state index contributed by atoms with van der Waals surface area (Å²) < 4.78 is 0. The number of nitrogens with zero attached hydrogens (tertiary/aromatic N) is 1. The molecule has 0 spiro atoms. The van der Waals surface area contributed by atoms with Crippen molar-refractivity contribution >= 4 is 5.97 Å². The SMILES string of the molecule is CN1CCC(C(=O)O)C1(C)C1CCCC1. The van der Waals surface area contributed by atoms with Crippen LogP contribution in [0.1, 0.15) is 39.0 Å². The van der Waals surface area contributed by atoms with Crippen molar-refractivity contribution in [3.63, 3.8) is 0 Å². The Kier molecular flexibility index (Phi) is 2.75. The van der Waals surface area contributed by atoms with Crippen LogP contribution in [0.15, 0.2) is 0 Å². The quantitative estimate of drug-likeness (QED) is 0.759. The second kappa shape index (κ2) is 3.78. The Morgan fingerprint density at radius 3 is 2.47 bits per heavy atom. The molecule has 3 nitrogen and oxygen atoms in total. The normalized spacial score (nSPS) is 38.7. The minimum Gasteiger partial charge on any atom is -0.481 e. The minimum absolute atomic E-state index is 0.0949. The summed E-state index contributed by atoms with van der Waals surface area (Å²) in [6.07, 6.45) is 5.80. The van der Waals surface area contributed by atoms with Gasteiger partial charge in [0, 0.05) is 5.54 Å². The molecule has 1 aliphatic carbocycles.